The number of benzene rings is 1. The molecule has 2 rings (SSSR count). The fourth-order valence-corrected chi connectivity index (χ4v) is 3.69. The molecule has 0 aliphatic heterocycles. The molecule has 1 saturated carbocycles. The number of carbonyl (C=O) groups excluding carboxylic acids is 2. The average Bonchev–Trinajstić information content (AvgIpc) is 2.62. The third-order valence-corrected chi connectivity index (χ3v) is 5.44. The number of nitrogens with two attached hydrogens (primary N) is 1. The third-order valence-electron chi connectivity index (χ3n) is 4.42. The van der Waals surface area contributed by atoms with Crippen molar-refractivity contribution in [2.45, 2.75) is 41.8 Å². The fourth-order valence-electron chi connectivity index (χ4n) is 2.91. The van der Waals surface area contributed by atoms with E-state index in [2.05, 4.69) is 5.32 Å². The maximum absolute atomic E-state index is 12.6. The van der Waals surface area contributed by atoms with Gasteiger partial charge in [0, 0.05) is 12.5 Å². The van der Waals surface area contributed by atoms with Crippen LogP contribution in [0.1, 0.15) is 12.0 Å². The van der Waals surface area contributed by atoms with E-state index in [4.69, 9.17) is 33.7 Å². The number of amides is 1. The van der Waals surface area contributed by atoms with Gasteiger partial charge in [0.2, 0.25) is 5.91 Å². The first-order valence-corrected chi connectivity index (χ1v) is 8.86. The minimum absolute atomic E-state index is 0.179. The van der Waals surface area contributed by atoms with Crippen LogP contribution in [-0.4, -0.2) is 53.0 Å². The number of hydrogen-bond donors (Lipinski definition) is 3. The van der Waals surface area contributed by atoms with Gasteiger partial charge >= 0.3 is 5.97 Å². The molecular formula is C17H22Cl2N2O4. The quantitative estimate of drug-likeness (QED) is 0.511. The summed E-state index contributed by atoms with van der Waals surface area (Å²) in [6.45, 7) is 0. The van der Waals surface area contributed by atoms with E-state index in [0.717, 1.165) is 5.56 Å². The SMILES string of the molecule is COC(=O)[C@H](Cc1ccccc1)NC(=O)C1CC(Cl)C(N)C(Cl)C1O. The molecule has 0 radical (unpaired) electrons. The lowest BCUT2D eigenvalue weighted by Gasteiger charge is -2.38. The number of methoxy groups -OCH3 is 1. The Kier molecular flexibility index (Phi) is 7.07. The first-order chi connectivity index (χ1) is 11.8. The number of hydrogen-bond acceptors (Lipinski definition) is 5. The molecule has 1 amide bonds. The topological polar surface area (TPSA) is 102 Å². The molecule has 1 aliphatic rings. The normalized spacial score (nSPS) is 30.4. The van der Waals surface area contributed by atoms with E-state index in [1.54, 1.807) is 0 Å². The van der Waals surface area contributed by atoms with Gasteiger partial charge in [-0.2, -0.15) is 0 Å². The molecule has 0 spiro atoms. The number of nitrogens with one attached hydrogen (secondary N) is 1. The number of rotatable bonds is 5. The standard InChI is InChI=1S/C17H22Cl2N2O4/c1-25-17(24)12(7-9-5-3-2-4-6-9)21-16(23)10-8-11(18)14(20)13(19)15(10)22/h2-6,10-15,22H,7-8,20H2,1H3,(H,21,23)/t10?,11?,12-,13?,14?,15?/m0/s1. The van der Waals surface area contributed by atoms with Crippen LogP contribution in [0.2, 0.25) is 0 Å². The highest BCUT2D eigenvalue weighted by atomic mass is 35.5. The van der Waals surface area contributed by atoms with Crippen LogP contribution in [0.3, 0.4) is 0 Å². The van der Waals surface area contributed by atoms with Gasteiger partial charge in [0.1, 0.15) is 6.04 Å². The van der Waals surface area contributed by atoms with Gasteiger partial charge in [0.05, 0.1) is 29.9 Å². The highest BCUT2D eigenvalue weighted by Crippen LogP contribution is 2.31. The van der Waals surface area contributed by atoms with Crippen LogP contribution in [0.15, 0.2) is 30.3 Å². The molecular weight excluding hydrogens is 367 g/mol. The van der Waals surface area contributed by atoms with Crippen LogP contribution in [0.25, 0.3) is 0 Å². The zero-order valence-corrected chi connectivity index (χ0v) is 15.3. The van der Waals surface area contributed by atoms with Gasteiger partial charge in [-0.1, -0.05) is 30.3 Å². The third kappa shape index (κ3) is 4.85. The summed E-state index contributed by atoms with van der Waals surface area (Å²) in [4.78, 5) is 24.6. The zero-order chi connectivity index (χ0) is 18.6. The maximum Gasteiger partial charge on any atom is 0.328 e. The summed E-state index contributed by atoms with van der Waals surface area (Å²) < 4.78 is 4.77. The van der Waals surface area contributed by atoms with Crippen LogP contribution < -0.4 is 11.1 Å². The number of alkyl halides is 2. The molecule has 6 nitrogen and oxygen atoms in total. The lowest BCUT2D eigenvalue weighted by Crippen LogP contribution is -2.58. The molecule has 1 aliphatic carbocycles. The van der Waals surface area contributed by atoms with Crippen molar-refractivity contribution in [2.75, 3.05) is 7.11 Å². The van der Waals surface area contributed by atoms with Gasteiger partial charge in [-0.05, 0) is 12.0 Å². The molecule has 0 bridgehead atoms. The van der Waals surface area contributed by atoms with Crippen molar-refractivity contribution in [3.8, 4) is 0 Å². The molecule has 0 heterocycles. The number of aliphatic hydroxyl groups is 1. The Hall–Kier alpha value is -1.34. The number of aliphatic hydroxyl groups excluding tert-OH is 1. The predicted octanol–water partition coefficient (Wildman–Crippen LogP) is 0.810. The van der Waals surface area contributed by atoms with Crippen LogP contribution in [0.5, 0.6) is 0 Å². The smallest absolute Gasteiger partial charge is 0.328 e. The zero-order valence-electron chi connectivity index (χ0n) is 13.8. The van der Waals surface area contributed by atoms with Gasteiger partial charge in [0.25, 0.3) is 0 Å². The summed E-state index contributed by atoms with van der Waals surface area (Å²) in [7, 11) is 1.25. The monoisotopic (exact) mass is 388 g/mol. The Bertz CT molecular complexity index is 602. The van der Waals surface area contributed by atoms with E-state index in [9.17, 15) is 14.7 Å². The molecule has 5 unspecified atom stereocenters. The van der Waals surface area contributed by atoms with E-state index in [1.165, 1.54) is 7.11 Å². The summed E-state index contributed by atoms with van der Waals surface area (Å²) in [6, 6.07) is 7.76. The van der Waals surface area contributed by atoms with Gasteiger partial charge in [-0.3, -0.25) is 4.79 Å². The minimum atomic E-state index is -1.14. The van der Waals surface area contributed by atoms with Crippen LogP contribution in [0, 0.1) is 5.92 Å². The second kappa shape index (κ2) is 8.85. The number of carbonyl (C=O) groups is 2. The van der Waals surface area contributed by atoms with Crippen molar-refractivity contribution in [3.05, 3.63) is 35.9 Å². The van der Waals surface area contributed by atoms with Crippen LogP contribution in [-0.2, 0) is 20.7 Å². The molecule has 0 aromatic heterocycles. The Morgan fingerprint density at radius 3 is 2.60 bits per heavy atom. The van der Waals surface area contributed by atoms with Crippen molar-refractivity contribution in [2.24, 2.45) is 11.7 Å². The van der Waals surface area contributed by atoms with Gasteiger partial charge in [-0.25, -0.2) is 4.79 Å². The van der Waals surface area contributed by atoms with Gasteiger partial charge in [-0.15, -0.1) is 23.2 Å². The molecule has 25 heavy (non-hydrogen) atoms. The maximum atomic E-state index is 12.6. The Balaban J connectivity index is 2.09. The number of esters is 1. The van der Waals surface area contributed by atoms with Crippen LogP contribution >= 0.6 is 23.2 Å². The number of ether oxygens (including phenoxy) is 1. The van der Waals surface area contributed by atoms with Crippen molar-refractivity contribution in [3.63, 3.8) is 0 Å². The first-order valence-electron chi connectivity index (χ1n) is 7.99. The fraction of sp³-hybridized carbons (Fsp3) is 0.529. The highest BCUT2D eigenvalue weighted by molar-refractivity contribution is 6.25. The first kappa shape index (κ1) is 20.0. The van der Waals surface area contributed by atoms with E-state index >= 15 is 0 Å². The molecule has 4 N–H and O–H groups in total. The van der Waals surface area contributed by atoms with Crippen molar-refractivity contribution >= 4 is 35.1 Å². The molecule has 6 atom stereocenters. The van der Waals surface area contributed by atoms with Crippen molar-refractivity contribution < 1.29 is 19.4 Å². The number of halogens is 2. The Labute approximate surface area is 156 Å². The van der Waals surface area contributed by atoms with Gasteiger partial charge < -0.3 is 20.9 Å². The van der Waals surface area contributed by atoms with Gasteiger partial charge in [0.15, 0.2) is 0 Å². The summed E-state index contributed by atoms with van der Waals surface area (Å²) in [5, 5.41) is 11.5. The summed E-state index contributed by atoms with van der Waals surface area (Å²) in [6.07, 6.45) is -0.685. The summed E-state index contributed by atoms with van der Waals surface area (Å²) in [5.74, 6) is -1.90. The van der Waals surface area contributed by atoms with Crippen molar-refractivity contribution in [1.29, 1.82) is 0 Å². The Morgan fingerprint density at radius 1 is 1.36 bits per heavy atom. The van der Waals surface area contributed by atoms with Crippen LogP contribution in [0.4, 0.5) is 0 Å². The molecule has 1 aromatic carbocycles. The molecule has 1 fully saturated rings. The molecule has 8 heteroatoms. The van der Waals surface area contributed by atoms with E-state index in [1.807, 2.05) is 30.3 Å². The van der Waals surface area contributed by atoms with E-state index < -0.39 is 46.7 Å². The minimum Gasteiger partial charge on any atom is -0.467 e. The largest absolute Gasteiger partial charge is 0.467 e. The summed E-state index contributed by atoms with van der Waals surface area (Å²) >= 11 is 12.2. The lowest BCUT2D eigenvalue weighted by molar-refractivity contribution is -0.146. The summed E-state index contributed by atoms with van der Waals surface area (Å²) in [5.41, 5.74) is 6.69. The lowest BCUT2D eigenvalue weighted by atomic mass is 9.82. The second-order valence-electron chi connectivity index (χ2n) is 6.14. The Morgan fingerprint density at radius 2 is 2.00 bits per heavy atom. The molecule has 138 valence electrons. The second-order valence-corrected chi connectivity index (χ2v) is 7.21. The molecule has 0 saturated heterocycles. The highest BCUT2D eigenvalue weighted by Gasteiger charge is 2.44. The van der Waals surface area contributed by atoms with Crippen molar-refractivity contribution in [1.82, 2.24) is 5.32 Å². The van der Waals surface area contributed by atoms with E-state index in [-0.39, 0.29) is 12.8 Å². The predicted molar refractivity (Wildman–Crippen MR) is 95.5 cm³/mol. The average molecular weight is 389 g/mol. The van der Waals surface area contributed by atoms with E-state index in [0.29, 0.717) is 0 Å². The molecule has 1 aromatic rings.